The van der Waals surface area contributed by atoms with E-state index in [1.807, 2.05) is 6.92 Å². The van der Waals surface area contributed by atoms with Crippen LogP contribution in [0.5, 0.6) is 11.5 Å². The van der Waals surface area contributed by atoms with Crippen molar-refractivity contribution in [2.75, 3.05) is 26.9 Å². The average molecular weight is 311 g/mol. The van der Waals surface area contributed by atoms with Gasteiger partial charge in [0.25, 0.3) is 5.91 Å². The van der Waals surface area contributed by atoms with Gasteiger partial charge in [0.1, 0.15) is 0 Å². The summed E-state index contributed by atoms with van der Waals surface area (Å²) in [6, 6.07) is 4.46. The van der Waals surface area contributed by atoms with E-state index < -0.39 is 12.6 Å². The molecule has 0 unspecified atom stereocenters. The zero-order valence-corrected chi connectivity index (χ0v) is 12.9. The van der Waals surface area contributed by atoms with Crippen LogP contribution in [0.15, 0.2) is 18.2 Å². The van der Waals surface area contributed by atoms with Gasteiger partial charge in [-0.05, 0) is 32.0 Å². The molecular weight excluding hydrogens is 290 g/mol. The predicted octanol–water partition coefficient (Wildman–Crippen LogP) is 1.31. The molecule has 1 aromatic carbocycles. The number of nitrogens with one attached hydrogen (secondary N) is 1. The predicted molar refractivity (Wildman–Crippen MR) is 79.5 cm³/mol. The third-order valence-electron chi connectivity index (χ3n) is 2.65. The number of carboxylic acid groups (broad SMARTS) is 1. The highest BCUT2D eigenvalue weighted by atomic mass is 16.5. The maximum Gasteiger partial charge on any atom is 0.341 e. The quantitative estimate of drug-likeness (QED) is 0.714. The first-order valence-electron chi connectivity index (χ1n) is 6.89. The number of benzene rings is 1. The first-order valence-corrected chi connectivity index (χ1v) is 6.89. The smallest absolute Gasteiger partial charge is 0.341 e. The molecule has 0 spiro atoms. The normalized spacial score (nSPS) is 11.6. The second kappa shape index (κ2) is 8.89. The molecule has 22 heavy (non-hydrogen) atoms. The van der Waals surface area contributed by atoms with Gasteiger partial charge >= 0.3 is 5.97 Å². The van der Waals surface area contributed by atoms with Crippen LogP contribution in [0, 0.1) is 0 Å². The SMILES string of the molecule is CCOc1cc(C(=O)N[C@H](C)COC)ccc1OCC(=O)O. The lowest BCUT2D eigenvalue weighted by Crippen LogP contribution is -2.35. The molecule has 0 aliphatic carbocycles. The lowest BCUT2D eigenvalue weighted by atomic mass is 10.1. The summed E-state index contributed by atoms with van der Waals surface area (Å²) in [6.07, 6.45) is 0. The number of ether oxygens (including phenoxy) is 3. The number of carbonyl (C=O) groups is 2. The Labute approximate surface area is 129 Å². The maximum atomic E-state index is 12.1. The van der Waals surface area contributed by atoms with Crippen molar-refractivity contribution in [3.8, 4) is 11.5 Å². The fourth-order valence-corrected chi connectivity index (χ4v) is 1.78. The number of hydrogen-bond donors (Lipinski definition) is 2. The fourth-order valence-electron chi connectivity index (χ4n) is 1.78. The average Bonchev–Trinajstić information content (AvgIpc) is 2.46. The number of methoxy groups -OCH3 is 1. The van der Waals surface area contributed by atoms with Crippen molar-refractivity contribution in [1.82, 2.24) is 5.32 Å². The van der Waals surface area contributed by atoms with Gasteiger partial charge in [0, 0.05) is 18.7 Å². The van der Waals surface area contributed by atoms with Gasteiger partial charge in [0.05, 0.1) is 13.2 Å². The van der Waals surface area contributed by atoms with Crippen LogP contribution < -0.4 is 14.8 Å². The Bertz CT molecular complexity index is 517. The maximum absolute atomic E-state index is 12.1. The van der Waals surface area contributed by atoms with Crippen molar-refractivity contribution in [2.24, 2.45) is 0 Å². The Morgan fingerprint density at radius 3 is 2.59 bits per heavy atom. The topological polar surface area (TPSA) is 94.1 Å². The number of carbonyl (C=O) groups excluding carboxylic acids is 1. The molecule has 0 aliphatic heterocycles. The highest BCUT2D eigenvalue weighted by Gasteiger charge is 2.14. The molecule has 0 heterocycles. The van der Waals surface area contributed by atoms with Crippen molar-refractivity contribution in [3.63, 3.8) is 0 Å². The van der Waals surface area contributed by atoms with E-state index in [2.05, 4.69) is 5.32 Å². The van der Waals surface area contributed by atoms with Crippen molar-refractivity contribution in [1.29, 1.82) is 0 Å². The summed E-state index contributed by atoms with van der Waals surface area (Å²) in [6.45, 7) is 3.92. The van der Waals surface area contributed by atoms with E-state index in [0.29, 0.717) is 24.5 Å². The van der Waals surface area contributed by atoms with Gasteiger partial charge in [0.2, 0.25) is 0 Å². The van der Waals surface area contributed by atoms with Crippen LogP contribution in [-0.4, -0.2) is 50.0 Å². The minimum absolute atomic E-state index is 0.129. The van der Waals surface area contributed by atoms with Crippen LogP contribution in [0.25, 0.3) is 0 Å². The molecule has 0 radical (unpaired) electrons. The van der Waals surface area contributed by atoms with Crippen LogP contribution in [-0.2, 0) is 9.53 Å². The van der Waals surface area contributed by atoms with E-state index in [-0.39, 0.29) is 17.7 Å². The lowest BCUT2D eigenvalue weighted by Gasteiger charge is -2.15. The summed E-state index contributed by atoms with van der Waals surface area (Å²) in [7, 11) is 1.56. The van der Waals surface area contributed by atoms with Gasteiger partial charge in [-0.3, -0.25) is 4.79 Å². The first kappa shape index (κ1) is 17.8. The van der Waals surface area contributed by atoms with Crippen molar-refractivity contribution in [2.45, 2.75) is 19.9 Å². The number of aliphatic carboxylic acids is 1. The number of carboxylic acids is 1. The first-order chi connectivity index (χ1) is 10.5. The largest absolute Gasteiger partial charge is 0.490 e. The van der Waals surface area contributed by atoms with Gasteiger partial charge < -0.3 is 24.6 Å². The van der Waals surface area contributed by atoms with Crippen molar-refractivity contribution in [3.05, 3.63) is 23.8 Å². The summed E-state index contributed by atoms with van der Waals surface area (Å²) in [5.74, 6) is -0.741. The molecule has 0 aliphatic rings. The molecule has 122 valence electrons. The molecule has 2 N–H and O–H groups in total. The summed E-state index contributed by atoms with van der Waals surface area (Å²) < 4.78 is 15.5. The monoisotopic (exact) mass is 311 g/mol. The van der Waals surface area contributed by atoms with Crippen LogP contribution in [0.2, 0.25) is 0 Å². The van der Waals surface area contributed by atoms with Gasteiger partial charge in [-0.25, -0.2) is 4.79 Å². The molecule has 0 bridgehead atoms. The van der Waals surface area contributed by atoms with E-state index in [1.54, 1.807) is 20.1 Å². The van der Waals surface area contributed by atoms with E-state index in [1.165, 1.54) is 12.1 Å². The molecule has 1 rings (SSSR count). The van der Waals surface area contributed by atoms with Gasteiger partial charge in [-0.1, -0.05) is 0 Å². The molecule has 0 saturated carbocycles. The Morgan fingerprint density at radius 2 is 2.00 bits per heavy atom. The second-order valence-electron chi connectivity index (χ2n) is 4.61. The van der Waals surface area contributed by atoms with Crippen LogP contribution in [0.3, 0.4) is 0 Å². The van der Waals surface area contributed by atoms with Crippen molar-refractivity contribution < 1.29 is 28.9 Å². The van der Waals surface area contributed by atoms with Crippen molar-refractivity contribution >= 4 is 11.9 Å². The van der Waals surface area contributed by atoms with E-state index in [0.717, 1.165) is 0 Å². The molecule has 1 aromatic rings. The van der Waals surface area contributed by atoms with Gasteiger partial charge in [0.15, 0.2) is 18.1 Å². The number of rotatable bonds is 9. The van der Waals surface area contributed by atoms with Gasteiger partial charge in [-0.2, -0.15) is 0 Å². The molecule has 0 saturated heterocycles. The van der Waals surface area contributed by atoms with E-state index >= 15 is 0 Å². The highest BCUT2D eigenvalue weighted by molar-refractivity contribution is 5.95. The number of amides is 1. The Hall–Kier alpha value is -2.28. The van der Waals surface area contributed by atoms with Crippen LogP contribution in [0.4, 0.5) is 0 Å². The Kier molecular flexibility index (Phi) is 7.18. The van der Waals surface area contributed by atoms with Crippen LogP contribution >= 0.6 is 0 Å². The van der Waals surface area contributed by atoms with E-state index in [4.69, 9.17) is 19.3 Å². The zero-order valence-electron chi connectivity index (χ0n) is 12.9. The standard InChI is InChI=1S/C15H21NO6/c1-4-21-13-7-11(15(19)16-10(2)8-20-3)5-6-12(13)22-9-14(17)18/h5-7,10H,4,8-9H2,1-3H3,(H,16,19)(H,17,18)/t10-/m1/s1. The van der Waals surface area contributed by atoms with Crippen LogP contribution in [0.1, 0.15) is 24.2 Å². The molecule has 7 nitrogen and oxygen atoms in total. The molecule has 1 atom stereocenters. The Morgan fingerprint density at radius 1 is 1.27 bits per heavy atom. The lowest BCUT2D eigenvalue weighted by molar-refractivity contribution is -0.139. The fraction of sp³-hybridized carbons (Fsp3) is 0.467. The third-order valence-corrected chi connectivity index (χ3v) is 2.65. The van der Waals surface area contributed by atoms with E-state index in [9.17, 15) is 9.59 Å². The summed E-state index contributed by atoms with van der Waals surface area (Å²) in [5, 5.41) is 11.4. The summed E-state index contributed by atoms with van der Waals surface area (Å²) in [4.78, 5) is 22.7. The minimum atomic E-state index is -1.09. The molecule has 1 amide bonds. The summed E-state index contributed by atoms with van der Waals surface area (Å²) in [5.41, 5.74) is 0.397. The number of hydrogen-bond acceptors (Lipinski definition) is 5. The minimum Gasteiger partial charge on any atom is -0.490 e. The zero-order chi connectivity index (χ0) is 16.5. The Balaban J connectivity index is 2.86. The summed E-state index contributed by atoms with van der Waals surface area (Å²) >= 11 is 0. The molecular formula is C15H21NO6. The highest BCUT2D eigenvalue weighted by Crippen LogP contribution is 2.28. The second-order valence-corrected chi connectivity index (χ2v) is 4.61. The molecule has 0 fully saturated rings. The third kappa shape index (κ3) is 5.61. The molecule has 0 aromatic heterocycles. The molecule has 7 heteroatoms. The van der Waals surface area contributed by atoms with Gasteiger partial charge in [-0.15, -0.1) is 0 Å².